The fourth-order valence-electron chi connectivity index (χ4n) is 2.23. The number of rotatable bonds is 1. The van der Waals surface area contributed by atoms with Crippen molar-refractivity contribution >= 4 is 24.0 Å². The first-order valence-electron chi connectivity index (χ1n) is 6.03. The van der Waals surface area contributed by atoms with E-state index >= 15 is 0 Å². The van der Waals surface area contributed by atoms with Crippen LogP contribution in [0, 0.1) is 24.5 Å². The molecule has 3 heterocycles. The van der Waals surface area contributed by atoms with Crippen molar-refractivity contribution < 1.29 is 0 Å². The van der Waals surface area contributed by atoms with E-state index in [0.29, 0.717) is 5.22 Å². The van der Waals surface area contributed by atoms with Gasteiger partial charge in [0.1, 0.15) is 0 Å². The third-order valence-corrected chi connectivity index (χ3v) is 4.22. The first-order valence-corrected chi connectivity index (χ1v) is 6.85. The number of thiophene rings is 1. The number of hydrogen-bond donors (Lipinski definition) is 2. The molecule has 4 heteroatoms. The van der Waals surface area contributed by atoms with Crippen LogP contribution in [0.15, 0.2) is 23.0 Å². The highest BCUT2D eigenvalue weighted by Crippen LogP contribution is 2.21. The van der Waals surface area contributed by atoms with Gasteiger partial charge in [0.15, 0.2) is 0 Å². The molecule has 3 nitrogen and oxygen atoms in total. The van der Waals surface area contributed by atoms with Crippen LogP contribution in [0.25, 0.3) is 12.7 Å². The van der Waals surface area contributed by atoms with E-state index in [-0.39, 0.29) is 5.56 Å². The SMILES string of the molecule is C=c1ccc2[nH]c(=O)c(=Cc3sc(C)cc3C)c=2[nH]1. The zero-order valence-electron chi connectivity index (χ0n) is 10.8. The second kappa shape index (κ2) is 4.24. The van der Waals surface area contributed by atoms with Gasteiger partial charge in [-0.1, -0.05) is 6.58 Å². The van der Waals surface area contributed by atoms with Crippen molar-refractivity contribution in [2.24, 2.45) is 0 Å². The van der Waals surface area contributed by atoms with Crippen molar-refractivity contribution in [1.82, 2.24) is 9.97 Å². The largest absolute Gasteiger partial charge is 0.354 e. The first-order chi connectivity index (χ1) is 9.04. The van der Waals surface area contributed by atoms with Gasteiger partial charge in [0.25, 0.3) is 5.56 Å². The Kier molecular flexibility index (Phi) is 2.68. The fraction of sp³-hybridized carbons (Fsp3) is 0.133. The second-order valence-corrected chi connectivity index (χ2v) is 5.98. The van der Waals surface area contributed by atoms with Crippen molar-refractivity contribution in [3.05, 3.63) is 65.1 Å². The van der Waals surface area contributed by atoms with Gasteiger partial charge in [-0.15, -0.1) is 11.3 Å². The van der Waals surface area contributed by atoms with Crippen LogP contribution in [0.4, 0.5) is 0 Å². The van der Waals surface area contributed by atoms with Gasteiger partial charge in [-0.3, -0.25) is 4.79 Å². The molecular formula is C15H14N2OS. The van der Waals surface area contributed by atoms with Gasteiger partial charge in [-0.2, -0.15) is 0 Å². The number of aryl methyl sites for hydroxylation is 2. The van der Waals surface area contributed by atoms with Crippen molar-refractivity contribution in [2.75, 3.05) is 0 Å². The van der Waals surface area contributed by atoms with Crippen LogP contribution in [-0.2, 0) is 0 Å². The van der Waals surface area contributed by atoms with Gasteiger partial charge in [0, 0.05) is 15.1 Å². The van der Waals surface area contributed by atoms with Crippen LogP contribution in [0.1, 0.15) is 15.3 Å². The van der Waals surface area contributed by atoms with Crippen LogP contribution in [-0.4, -0.2) is 9.97 Å². The van der Waals surface area contributed by atoms with Crippen LogP contribution in [0.2, 0.25) is 0 Å². The van der Waals surface area contributed by atoms with Crippen LogP contribution >= 0.6 is 11.3 Å². The van der Waals surface area contributed by atoms with Crippen molar-refractivity contribution in [2.45, 2.75) is 13.8 Å². The van der Waals surface area contributed by atoms with E-state index in [4.69, 9.17) is 0 Å². The molecule has 2 aliphatic rings. The molecule has 0 unspecified atom stereocenters. The first kappa shape index (κ1) is 12.0. The quantitative estimate of drug-likeness (QED) is 0.689. The summed E-state index contributed by atoms with van der Waals surface area (Å²) in [5.41, 5.74) is 1.13. The zero-order valence-corrected chi connectivity index (χ0v) is 11.6. The Morgan fingerprint density at radius 3 is 2.74 bits per heavy atom. The minimum absolute atomic E-state index is 0.0673. The van der Waals surface area contributed by atoms with E-state index in [2.05, 4.69) is 36.5 Å². The number of H-pyrrole nitrogens is 2. The van der Waals surface area contributed by atoms with Gasteiger partial charge < -0.3 is 9.97 Å². The summed E-state index contributed by atoms with van der Waals surface area (Å²) in [7, 11) is 0. The monoisotopic (exact) mass is 270 g/mol. The highest BCUT2D eigenvalue weighted by atomic mass is 32.1. The molecule has 0 amide bonds. The summed E-state index contributed by atoms with van der Waals surface area (Å²) in [6.45, 7) is 8.00. The minimum Gasteiger partial charge on any atom is -0.354 e. The van der Waals surface area contributed by atoms with E-state index in [1.54, 1.807) is 11.3 Å². The molecule has 0 radical (unpaired) electrons. The summed E-state index contributed by atoms with van der Waals surface area (Å²) in [5, 5.41) is 3.10. The average molecular weight is 270 g/mol. The summed E-state index contributed by atoms with van der Waals surface area (Å²) >= 11 is 1.70. The summed E-state index contributed by atoms with van der Waals surface area (Å²) in [4.78, 5) is 20.4. The molecule has 0 saturated carbocycles. The molecule has 2 N–H and O–H groups in total. The highest BCUT2D eigenvalue weighted by molar-refractivity contribution is 7.13. The molecule has 0 fully saturated rings. The molecular weight excluding hydrogens is 256 g/mol. The number of aromatic nitrogens is 2. The maximum Gasteiger partial charge on any atom is 0.257 e. The number of hydrogen-bond acceptors (Lipinski definition) is 2. The third kappa shape index (κ3) is 2.04. The highest BCUT2D eigenvalue weighted by Gasteiger charge is 2.03. The number of aromatic amines is 2. The molecule has 96 valence electrons. The molecule has 3 rings (SSSR count). The van der Waals surface area contributed by atoms with Crippen molar-refractivity contribution in [1.29, 1.82) is 0 Å². The van der Waals surface area contributed by atoms with Crippen molar-refractivity contribution in [3.63, 3.8) is 0 Å². The Bertz CT molecular complexity index is 975. The van der Waals surface area contributed by atoms with E-state index in [0.717, 1.165) is 20.9 Å². The van der Waals surface area contributed by atoms with Crippen LogP contribution in [0.5, 0.6) is 0 Å². The number of nitrogens with one attached hydrogen (secondary N) is 2. The van der Waals surface area contributed by atoms with Crippen LogP contribution < -0.4 is 16.1 Å². The predicted octanol–water partition coefficient (Wildman–Crippen LogP) is 1.35. The van der Waals surface area contributed by atoms with E-state index in [9.17, 15) is 4.79 Å². The molecule has 1 aromatic heterocycles. The molecule has 0 spiro atoms. The second-order valence-electron chi connectivity index (χ2n) is 4.69. The van der Waals surface area contributed by atoms with E-state index in [1.165, 1.54) is 10.4 Å². The average Bonchev–Trinajstić information content (AvgIpc) is 2.81. The van der Waals surface area contributed by atoms with Gasteiger partial charge >= 0.3 is 0 Å². The third-order valence-electron chi connectivity index (χ3n) is 3.12. The minimum atomic E-state index is -0.0673. The summed E-state index contributed by atoms with van der Waals surface area (Å²) in [6.07, 6.45) is 1.95. The Balaban J connectivity index is 2.43. The van der Waals surface area contributed by atoms with Gasteiger partial charge in [-0.25, -0.2) is 0 Å². The van der Waals surface area contributed by atoms with Crippen LogP contribution in [0.3, 0.4) is 0 Å². The Hall–Kier alpha value is -2.07. The summed E-state index contributed by atoms with van der Waals surface area (Å²) in [6, 6.07) is 5.86. The smallest absolute Gasteiger partial charge is 0.257 e. The maximum absolute atomic E-state index is 12.0. The molecule has 0 atom stereocenters. The molecule has 19 heavy (non-hydrogen) atoms. The maximum atomic E-state index is 12.0. The molecule has 0 aliphatic carbocycles. The molecule has 0 aromatic carbocycles. The molecule has 1 aromatic rings. The molecule has 2 aliphatic heterocycles. The summed E-state index contributed by atoms with van der Waals surface area (Å²) < 4.78 is 0. The lowest BCUT2D eigenvalue weighted by molar-refractivity contribution is 1.15. The topological polar surface area (TPSA) is 48.6 Å². The molecule has 0 bridgehead atoms. The van der Waals surface area contributed by atoms with Crippen molar-refractivity contribution in [3.8, 4) is 0 Å². The standard InChI is InChI=1S/C15H14N2OS/c1-8-6-10(3)19-13(8)7-11-14-12(17-15(11)18)5-4-9(2)16-14/h4-7,16H,2H2,1,3H3,(H,17,18). The van der Waals surface area contributed by atoms with Gasteiger partial charge in [-0.05, 0) is 43.7 Å². The normalized spacial score (nSPS) is 12.4. The lowest BCUT2D eigenvalue weighted by Crippen LogP contribution is -2.23. The Morgan fingerprint density at radius 2 is 2.05 bits per heavy atom. The van der Waals surface area contributed by atoms with Gasteiger partial charge in [0.2, 0.25) is 0 Å². The lowest BCUT2D eigenvalue weighted by atomic mass is 10.2. The van der Waals surface area contributed by atoms with E-state index in [1.807, 2.05) is 18.2 Å². The van der Waals surface area contributed by atoms with Gasteiger partial charge in [0.05, 0.1) is 15.9 Å². The zero-order chi connectivity index (χ0) is 13.6. The predicted molar refractivity (Wildman–Crippen MR) is 78.8 cm³/mol. The summed E-state index contributed by atoms with van der Waals surface area (Å²) in [5.74, 6) is 0. The molecule has 0 saturated heterocycles. The Labute approximate surface area is 113 Å². The lowest BCUT2D eigenvalue weighted by Gasteiger charge is -1.89. The van der Waals surface area contributed by atoms with E-state index < -0.39 is 0 Å². The Morgan fingerprint density at radius 1 is 1.26 bits per heavy atom. The fourth-order valence-corrected chi connectivity index (χ4v) is 3.21.